The first-order valence-electron chi connectivity index (χ1n) is 6.48. The van der Waals surface area contributed by atoms with E-state index in [-0.39, 0.29) is 0 Å². The van der Waals surface area contributed by atoms with Crippen LogP contribution in [0.5, 0.6) is 0 Å². The van der Waals surface area contributed by atoms with E-state index in [1.54, 1.807) is 0 Å². The summed E-state index contributed by atoms with van der Waals surface area (Å²) in [5.41, 5.74) is 2.87. The molecule has 96 valence electrons. The highest BCUT2D eigenvalue weighted by Crippen LogP contribution is 2.25. The van der Waals surface area contributed by atoms with Gasteiger partial charge in [0.15, 0.2) is 0 Å². The van der Waals surface area contributed by atoms with Crippen LogP contribution < -0.4 is 0 Å². The molecule has 0 aromatic carbocycles. The van der Waals surface area contributed by atoms with Crippen LogP contribution in [0.4, 0.5) is 0 Å². The molecular weight excluding hydrogens is 210 g/mol. The van der Waals surface area contributed by atoms with Crippen LogP contribution in [0.1, 0.15) is 53.9 Å². The highest BCUT2D eigenvalue weighted by Gasteiger charge is 2.13. The lowest BCUT2D eigenvalue weighted by Gasteiger charge is -2.19. The number of hydrogen-bond donors (Lipinski definition) is 0. The van der Waals surface area contributed by atoms with Gasteiger partial charge in [-0.15, -0.1) is 0 Å². The molecule has 0 saturated heterocycles. The van der Waals surface area contributed by atoms with Gasteiger partial charge < -0.3 is 4.74 Å². The van der Waals surface area contributed by atoms with Crippen LogP contribution in [0.3, 0.4) is 0 Å². The van der Waals surface area contributed by atoms with E-state index >= 15 is 0 Å². The van der Waals surface area contributed by atoms with Gasteiger partial charge in [0, 0.05) is 6.21 Å². The molecule has 1 heterocycles. The van der Waals surface area contributed by atoms with Crippen LogP contribution in [-0.2, 0) is 4.74 Å². The van der Waals surface area contributed by atoms with Crippen molar-refractivity contribution in [1.82, 2.24) is 0 Å². The van der Waals surface area contributed by atoms with Gasteiger partial charge in [0.1, 0.15) is 0 Å². The molecule has 1 aliphatic heterocycles. The zero-order valence-corrected chi connectivity index (χ0v) is 11.8. The van der Waals surface area contributed by atoms with Crippen molar-refractivity contribution < 1.29 is 4.74 Å². The zero-order valence-electron chi connectivity index (χ0n) is 11.8. The van der Waals surface area contributed by atoms with E-state index in [4.69, 9.17) is 4.74 Å². The highest BCUT2D eigenvalue weighted by atomic mass is 16.5. The summed E-state index contributed by atoms with van der Waals surface area (Å²) in [4.78, 5) is 4.48. The van der Waals surface area contributed by atoms with Gasteiger partial charge in [-0.3, -0.25) is 0 Å². The number of aliphatic imine (C=N–C) groups is 1. The second-order valence-corrected chi connectivity index (χ2v) is 5.83. The van der Waals surface area contributed by atoms with Gasteiger partial charge in [0.2, 0.25) is 5.88 Å². The number of rotatable bonds is 3. The van der Waals surface area contributed by atoms with Crippen LogP contribution in [0, 0.1) is 5.41 Å². The van der Waals surface area contributed by atoms with Gasteiger partial charge in [0.05, 0.1) is 6.61 Å². The molecule has 2 heteroatoms. The Morgan fingerprint density at radius 3 is 2.65 bits per heavy atom. The van der Waals surface area contributed by atoms with Crippen molar-refractivity contribution in [1.29, 1.82) is 0 Å². The fraction of sp³-hybridized carbons (Fsp3) is 0.667. The van der Waals surface area contributed by atoms with Crippen LogP contribution in [0.15, 0.2) is 28.1 Å². The summed E-state index contributed by atoms with van der Waals surface area (Å²) < 4.78 is 5.56. The molecule has 0 aliphatic carbocycles. The first-order chi connectivity index (χ1) is 7.92. The summed E-state index contributed by atoms with van der Waals surface area (Å²) >= 11 is 0. The van der Waals surface area contributed by atoms with Crippen molar-refractivity contribution in [3.8, 4) is 0 Å². The Balaban J connectivity index is 2.80. The lowest BCUT2D eigenvalue weighted by atomic mass is 9.87. The van der Waals surface area contributed by atoms with Crippen molar-refractivity contribution in [3.05, 3.63) is 23.1 Å². The van der Waals surface area contributed by atoms with E-state index in [0.29, 0.717) is 12.0 Å². The molecule has 17 heavy (non-hydrogen) atoms. The first-order valence-corrected chi connectivity index (χ1v) is 6.48. The molecule has 0 N–H and O–H groups in total. The molecule has 0 saturated carbocycles. The number of ether oxygens (including phenoxy) is 1. The minimum Gasteiger partial charge on any atom is -0.478 e. The number of hydrogen-bond acceptors (Lipinski definition) is 2. The first kappa shape index (κ1) is 14.0. The Hall–Kier alpha value is -1.05. The average molecular weight is 235 g/mol. The molecular formula is C15H25NO. The Bertz CT molecular complexity index is 342. The maximum Gasteiger partial charge on any atom is 0.212 e. The molecule has 0 aromatic rings. The minimum atomic E-state index is 0.307. The average Bonchev–Trinajstić information content (AvgIpc) is 2.19. The van der Waals surface area contributed by atoms with Crippen LogP contribution in [0.2, 0.25) is 0 Å². The molecule has 0 atom stereocenters. The van der Waals surface area contributed by atoms with Gasteiger partial charge in [-0.1, -0.05) is 26.8 Å². The molecule has 0 unspecified atom stereocenters. The summed E-state index contributed by atoms with van der Waals surface area (Å²) in [5, 5.41) is 0. The standard InChI is InChI=1S/C15H25NO/c1-6-17-14-12(2)8-7-9-13(11-16-14)10-15(3,4)5/h9,11H,6-8,10H2,1-5H3/b13-9+,14-12?,16-11?. The third-order valence-electron chi connectivity index (χ3n) is 2.65. The summed E-state index contributed by atoms with van der Waals surface area (Å²) in [7, 11) is 0. The molecule has 0 spiro atoms. The molecule has 0 fully saturated rings. The monoisotopic (exact) mass is 235 g/mol. The Kier molecular flexibility index (Phi) is 4.98. The van der Waals surface area contributed by atoms with Crippen molar-refractivity contribution in [2.75, 3.05) is 6.61 Å². The molecule has 0 aromatic heterocycles. The third-order valence-corrected chi connectivity index (χ3v) is 2.65. The van der Waals surface area contributed by atoms with E-state index < -0.39 is 0 Å². The van der Waals surface area contributed by atoms with E-state index in [1.807, 2.05) is 13.1 Å². The summed E-state index contributed by atoms with van der Waals surface area (Å²) in [6.45, 7) is 11.6. The fourth-order valence-electron chi connectivity index (χ4n) is 1.91. The predicted octanol–water partition coefficient (Wildman–Crippen LogP) is 4.48. The second-order valence-electron chi connectivity index (χ2n) is 5.83. The van der Waals surface area contributed by atoms with Crippen molar-refractivity contribution in [2.45, 2.75) is 53.9 Å². The molecule has 2 nitrogen and oxygen atoms in total. The van der Waals surface area contributed by atoms with E-state index in [1.165, 1.54) is 11.1 Å². The molecule has 0 amide bonds. The number of nitrogens with zero attached hydrogens (tertiary/aromatic N) is 1. The second kappa shape index (κ2) is 6.04. The van der Waals surface area contributed by atoms with Crippen LogP contribution >= 0.6 is 0 Å². The van der Waals surface area contributed by atoms with Gasteiger partial charge in [-0.25, -0.2) is 4.99 Å². The maximum absolute atomic E-state index is 5.56. The van der Waals surface area contributed by atoms with Crippen molar-refractivity contribution >= 4 is 6.21 Å². The minimum absolute atomic E-state index is 0.307. The highest BCUT2D eigenvalue weighted by molar-refractivity contribution is 5.79. The van der Waals surface area contributed by atoms with E-state index in [2.05, 4.69) is 38.8 Å². The SMILES string of the molecule is CCOC1=C(C)CC/C=C(\CC(C)(C)C)C=N1. The Morgan fingerprint density at radius 1 is 1.35 bits per heavy atom. The largest absolute Gasteiger partial charge is 0.478 e. The van der Waals surface area contributed by atoms with Crippen molar-refractivity contribution in [3.63, 3.8) is 0 Å². The van der Waals surface area contributed by atoms with Crippen LogP contribution in [0.25, 0.3) is 0 Å². The molecule has 1 rings (SSSR count). The maximum atomic E-state index is 5.56. The lowest BCUT2D eigenvalue weighted by molar-refractivity contribution is 0.222. The van der Waals surface area contributed by atoms with E-state index in [0.717, 1.165) is 25.1 Å². The molecule has 0 bridgehead atoms. The number of allylic oxidation sites excluding steroid dienone is 3. The fourth-order valence-corrected chi connectivity index (χ4v) is 1.91. The van der Waals surface area contributed by atoms with Crippen molar-refractivity contribution in [2.24, 2.45) is 10.4 Å². The summed E-state index contributed by atoms with van der Waals surface area (Å²) in [6.07, 6.45) is 7.47. The quantitative estimate of drug-likeness (QED) is 0.706. The Labute approximate surface area is 105 Å². The van der Waals surface area contributed by atoms with Gasteiger partial charge in [-0.2, -0.15) is 0 Å². The normalized spacial score (nSPS) is 20.6. The predicted molar refractivity (Wildman–Crippen MR) is 74.2 cm³/mol. The Morgan fingerprint density at radius 2 is 2.06 bits per heavy atom. The molecule has 0 radical (unpaired) electrons. The summed E-state index contributed by atoms with van der Waals surface area (Å²) in [6, 6.07) is 0. The third kappa shape index (κ3) is 5.20. The summed E-state index contributed by atoms with van der Waals surface area (Å²) in [5.74, 6) is 0.812. The molecule has 1 aliphatic rings. The lowest BCUT2D eigenvalue weighted by Crippen LogP contribution is -2.08. The van der Waals surface area contributed by atoms with Crippen LogP contribution in [-0.4, -0.2) is 12.8 Å². The van der Waals surface area contributed by atoms with E-state index in [9.17, 15) is 0 Å². The smallest absolute Gasteiger partial charge is 0.212 e. The van der Waals surface area contributed by atoms with Gasteiger partial charge in [0.25, 0.3) is 0 Å². The van der Waals surface area contributed by atoms with Gasteiger partial charge in [-0.05, 0) is 49.7 Å². The van der Waals surface area contributed by atoms with Gasteiger partial charge >= 0.3 is 0 Å². The zero-order chi connectivity index (χ0) is 12.9. The topological polar surface area (TPSA) is 21.6 Å².